The van der Waals surface area contributed by atoms with Gasteiger partial charge in [0.2, 0.25) is 5.91 Å². The molecule has 0 radical (unpaired) electrons. The van der Waals surface area contributed by atoms with Gasteiger partial charge in [-0.3, -0.25) is 9.59 Å². The number of benzene rings is 1. The molecule has 1 aliphatic heterocycles. The smallest absolute Gasteiger partial charge is 0.257 e. The highest BCUT2D eigenvalue weighted by atomic mass is 16.5. The minimum Gasteiger partial charge on any atom is -0.494 e. The number of carbonyl (C=O) groups excluding carboxylic acids is 2. The van der Waals surface area contributed by atoms with E-state index < -0.39 is 0 Å². The summed E-state index contributed by atoms with van der Waals surface area (Å²) in [7, 11) is 0. The Morgan fingerprint density at radius 1 is 1.09 bits per heavy atom. The molecule has 0 saturated carbocycles. The van der Waals surface area contributed by atoms with Gasteiger partial charge in [0.25, 0.3) is 5.91 Å². The van der Waals surface area contributed by atoms with E-state index >= 15 is 0 Å². The van der Waals surface area contributed by atoms with Crippen LogP contribution in [0.2, 0.25) is 0 Å². The van der Waals surface area contributed by atoms with Crippen molar-refractivity contribution in [3.05, 3.63) is 24.3 Å². The average Bonchev–Trinajstić information content (AvgIpc) is 3.09. The van der Waals surface area contributed by atoms with Crippen molar-refractivity contribution in [1.82, 2.24) is 10.2 Å². The molecule has 1 fully saturated rings. The third-order valence-electron chi connectivity index (χ3n) is 3.62. The largest absolute Gasteiger partial charge is 0.494 e. The predicted molar refractivity (Wildman–Crippen MR) is 86.5 cm³/mol. The van der Waals surface area contributed by atoms with Crippen LogP contribution in [0.15, 0.2) is 24.3 Å². The van der Waals surface area contributed by atoms with E-state index in [2.05, 4.69) is 5.32 Å². The molecule has 1 heterocycles. The number of rotatable bonds is 8. The van der Waals surface area contributed by atoms with Crippen LogP contribution < -0.4 is 14.8 Å². The first-order valence-electron chi connectivity index (χ1n) is 8.09. The molecule has 0 aliphatic carbocycles. The minimum atomic E-state index is -0.229. The Labute approximate surface area is 136 Å². The van der Waals surface area contributed by atoms with Crippen LogP contribution in [0.4, 0.5) is 0 Å². The average molecular weight is 320 g/mol. The number of ether oxygens (including phenoxy) is 2. The van der Waals surface area contributed by atoms with E-state index in [4.69, 9.17) is 9.47 Å². The Balaban J connectivity index is 1.61. The molecule has 0 unspecified atom stereocenters. The van der Waals surface area contributed by atoms with E-state index in [9.17, 15) is 9.59 Å². The zero-order valence-corrected chi connectivity index (χ0v) is 13.5. The predicted octanol–water partition coefficient (Wildman–Crippen LogP) is 1.59. The fourth-order valence-corrected chi connectivity index (χ4v) is 2.43. The quantitative estimate of drug-likeness (QED) is 0.790. The fraction of sp³-hybridized carbons (Fsp3) is 0.529. The molecule has 6 nitrogen and oxygen atoms in total. The maximum atomic E-state index is 11.8. The zero-order valence-electron chi connectivity index (χ0n) is 13.5. The lowest BCUT2D eigenvalue weighted by atomic mass is 10.3. The van der Waals surface area contributed by atoms with Gasteiger partial charge in [-0.2, -0.15) is 0 Å². The summed E-state index contributed by atoms with van der Waals surface area (Å²) in [5.74, 6) is 1.25. The molecule has 0 atom stereocenters. The highest BCUT2D eigenvalue weighted by Gasteiger charge is 2.17. The molecule has 1 aliphatic rings. The molecule has 0 spiro atoms. The Bertz CT molecular complexity index is 510. The molecule has 0 bridgehead atoms. The molecular weight excluding hydrogens is 296 g/mol. The van der Waals surface area contributed by atoms with E-state index in [1.54, 1.807) is 24.3 Å². The van der Waals surface area contributed by atoms with E-state index in [1.165, 1.54) is 0 Å². The van der Waals surface area contributed by atoms with Crippen LogP contribution in [0.25, 0.3) is 0 Å². The Morgan fingerprint density at radius 2 is 1.70 bits per heavy atom. The second-order valence-electron chi connectivity index (χ2n) is 5.38. The summed E-state index contributed by atoms with van der Waals surface area (Å²) < 4.78 is 10.7. The van der Waals surface area contributed by atoms with Crippen LogP contribution in [-0.2, 0) is 9.59 Å². The Kier molecular flexibility index (Phi) is 6.72. The van der Waals surface area contributed by atoms with Gasteiger partial charge in [-0.25, -0.2) is 0 Å². The monoisotopic (exact) mass is 320 g/mol. The van der Waals surface area contributed by atoms with Gasteiger partial charge in [0.1, 0.15) is 11.5 Å². The Morgan fingerprint density at radius 3 is 2.30 bits per heavy atom. The van der Waals surface area contributed by atoms with Crippen LogP contribution >= 0.6 is 0 Å². The molecule has 0 aromatic heterocycles. The van der Waals surface area contributed by atoms with Crippen LogP contribution in [-0.4, -0.2) is 49.6 Å². The van der Waals surface area contributed by atoms with Crippen LogP contribution in [0, 0.1) is 0 Å². The summed E-state index contributed by atoms with van der Waals surface area (Å²) in [5, 5.41) is 2.70. The molecule has 126 valence electrons. The topological polar surface area (TPSA) is 67.9 Å². The zero-order chi connectivity index (χ0) is 16.5. The first kappa shape index (κ1) is 17.1. The highest BCUT2D eigenvalue weighted by molar-refractivity contribution is 5.80. The number of carbonyl (C=O) groups is 2. The molecule has 2 rings (SSSR count). The lowest BCUT2D eigenvalue weighted by molar-refractivity contribution is -0.130. The third kappa shape index (κ3) is 5.81. The van der Waals surface area contributed by atoms with Crippen molar-refractivity contribution in [2.75, 3.05) is 32.8 Å². The van der Waals surface area contributed by atoms with Gasteiger partial charge in [-0.1, -0.05) is 0 Å². The number of nitrogens with one attached hydrogen (secondary N) is 1. The van der Waals surface area contributed by atoms with Crippen molar-refractivity contribution in [2.45, 2.75) is 26.2 Å². The van der Waals surface area contributed by atoms with Crippen molar-refractivity contribution < 1.29 is 19.1 Å². The van der Waals surface area contributed by atoms with Crippen molar-refractivity contribution in [3.63, 3.8) is 0 Å². The summed E-state index contributed by atoms with van der Waals surface area (Å²) in [5.41, 5.74) is 0. The van der Waals surface area contributed by atoms with Crippen molar-refractivity contribution >= 4 is 11.8 Å². The summed E-state index contributed by atoms with van der Waals surface area (Å²) in [4.78, 5) is 25.4. The van der Waals surface area contributed by atoms with E-state index in [0.717, 1.165) is 31.7 Å². The van der Waals surface area contributed by atoms with E-state index in [-0.39, 0.29) is 18.4 Å². The van der Waals surface area contributed by atoms with Gasteiger partial charge >= 0.3 is 0 Å². The van der Waals surface area contributed by atoms with Gasteiger partial charge in [0, 0.05) is 26.1 Å². The number of amides is 2. The van der Waals surface area contributed by atoms with Crippen molar-refractivity contribution in [3.8, 4) is 11.5 Å². The maximum Gasteiger partial charge on any atom is 0.257 e. The number of likely N-dealkylation sites (tertiary alicyclic amines) is 1. The fourth-order valence-electron chi connectivity index (χ4n) is 2.43. The highest BCUT2D eigenvalue weighted by Crippen LogP contribution is 2.17. The molecular formula is C17H24N2O4. The van der Waals surface area contributed by atoms with E-state index in [0.29, 0.717) is 25.3 Å². The normalized spacial score (nSPS) is 13.7. The van der Waals surface area contributed by atoms with E-state index in [1.807, 2.05) is 11.8 Å². The Hall–Kier alpha value is -2.24. The SMILES string of the molecule is CCOc1ccc(OCC(=O)NCCC(=O)N2CCCC2)cc1. The molecule has 23 heavy (non-hydrogen) atoms. The van der Waals surface area contributed by atoms with Crippen LogP contribution in [0.1, 0.15) is 26.2 Å². The number of nitrogens with zero attached hydrogens (tertiary/aromatic N) is 1. The second-order valence-corrected chi connectivity index (χ2v) is 5.38. The first-order chi connectivity index (χ1) is 11.2. The molecule has 1 N–H and O–H groups in total. The molecule has 1 aromatic carbocycles. The number of hydrogen-bond acceptors (Lipinski definition) is 4. The minimum absolute atomic E-state index is 0.0636. The van der Waals surface area contributed by atoms with Crippen molar-refractivity contribution in [1.29, 1.82) is 0 Å². The third-order valence-corrected chi connectivity index (χ3v) is 3.62. The lowest BCUT2D eigenvalue weighted by Gasteiger charge is -2.15. The lowest BCUT2D eigenvalue weighted by Crippen LogP contribution is -2.34. The van der Waals surface area contributed by atoms with Crippen molar-refractivity contribution in [2.24, 2.45) is 0 Å². The van der Waals surface area contributed by atoms with Gasteiger partial charge in [-0.15, -0.1) is 0 Å². The summed E-state index contributed by atoms with van der Waals surface area (Å²) >= 11 is 0. The maximum absolute atomic E-state index is 11.8. The number of hydrogen-bond donors (Lipinski definition) is 1. The summed E-state index contributed by atoms with van der Waals surface area (Å²) in [6.45, 7) is 4.50. The van der Waals surface area contributed by atoms with Crippen LogP contribution in [0.5, 0.6) is 11.5 Å². The second kappa shape index (κ2) is 9.02. The molecule has 1 aromatic rings. The van der Waals surface area contributed by atoms with Gasteiger partial charge < -0.3 is 19.7 Å². The van der Waals surface area contributed by atoms with Crippen LogP contribution in [0.3, 0.4) is 0 Å². The summed E-state index contributed by atoms with van der Waals surface area (Å²) in [6, 6.07) is 7.11. The van der Waals surface area contributed by atoms with Gasteiger partial charge in [0.05, 0.1) is 6.61 Å². The molecule has 2 amide bonds. The van der Waals surface area contributed by atoms with Gasteiger partial charge in [-0.05, 0) is 44.0 Å². The molecule has 1 saturated heterocycles. The standard InChI is InChI=1S/C17H24N2O4/c1-2-22-14-5-7-15(8-6-14)23-13-16(20)18-10-9-17(21)19-11-3-4-12-19/h5-8H,2-4,9-13H2,1H3,(H,18,20). The molecule has 6 heteroatoms. The van der Waals surface area contributed by atoms with Gasteiger partial charge in [0.15, 0.2) is 6.61 Å². The first-order valence-corrected chi connectivity index (χ1v) is 8.09. The summed E-state index contributed by atoms with van der Waals surface area (Å²) in [6.07, 6.45) is 2.50.